The Morgan fingerprint density at radius 1 is 1.00 bits per heavy atom. The molecule has 0 rings (SSSR count). The molecule has 0 spiro atoms. The molecule has 0 unspecified atom stereocenters. The van der Waals surface area contributed by atoms with Crippen LogP contribution in [0.5, 0.6) is 0 Å². The van der Waals surface area contributed by atoms with Crippen molar-refractivity contribution in [1.29, 1.82) is 0 Å². The van der Waals surface area contributed by atoms with E-state index in [0.717, 1.165) is 0 Å². The molecule has 0 saturated heterocycles. The van der Waals surface area contributed by atoms with Crippen molar-refractivity contribution < 1.29 is 61.3 Å². The normalized spacial score (nSPS) is 0. The molecule has 1 nitrogen and oxygen atoms in total. The van der Waals surface area contributed by atoms with Crippen molar-refractivity contribution in [3.63, 3.8) is 0 Å². The Balaban J connectivity index is 0. The van der Waals surface area contributed by atoms with Crippen molar-refractivity contribution in [1.82, 2.24) is 0 Å². The van der Waals surface area contributed by atoms with Gasteiger partial charge in [0.2, 0.25) is 0 Å². The molecule has 0 heterocycles. The molecule has 0 fully saturated rings. The van der Waals surface area contributed by atoms with E-state index in [4.69, 9.17) is 0 Å². The Kier molecular flexibility index (Phi) is 392. The largest absolute Gasteiger partial charge is 2.00 e. The van der Waals surface area contributed by atoms with Crippen LogP contribution in [0.4, 0.5) is 0 Å². The number of halogens is 2. The molecule has 0 aliphatic heterocycles. The summed E-state index contributed by atoms with van der Waals surface area (Å²) in [6.07, 6.45) is 0. The molecule has 0 radical (unpaired) electrons. The molecule has 0 aromatic heterocycles. The summed E-state index contributed by atoms with van der Waals surface area (Å²) in [7, 11) is 0. The topological polar surface area (TPSA) is 31.5 Å². The first kappa shape index (κ1) is 58.3. The van der Waals surface area contributed by atoms with Crippen LogP contribution in [0, 0.1) is 0 Å². The Hall–Kier alpha value is 3.33. The first-order valence-corrected chi connectivity index (χ1v) is 0. The fourth-order valence-electron chi connectivity index (χ4n) is 0. The van der Waals surface area contributed by atoms with Gasteiger partial charge in [-0.05, 0) is 0 Å². The summed E-state index contributed by atoms with van der Waals surface area (Å²) in [5.41, 5.74) is 0. The van der Waals surface area contributed by atoms with Crippen LogP contribution < -0.4 is 54.4 Å². The summed E-state index contributed by atoms with van der Waals surface area (Å²) in [4.78, 5) is 0. The van der Waals surface area contributed by atoms with Gasteiger partial charge >= 0.3 is 67.3 Å². The molecular formula is H6AlCaCl2NaO. The van der Waals surface area contributed by atoms with Crippen LogP contribution in [0.2, 0.25) is 0 Å². The standard InChI is InChI=1S/Al.Ca.2ClH.Na.H2O.4H/h;;2*1H;;1H2;;;;/q;+2;;;+1;;;;;-1/p-2. The van der Waals surface area contributed by atoms with Gasteiger partial charge in [0.05, 0.1) is 0 Å². The molecule has 0 aliphatic rings. The van der Waals surface area contributed by atoms with E-state index >= 15 is 0 Å². The molecular weight excluding hydrogens is 177 g/mol. The molecule has 0 aromatic carbocycles. The number of hydrogen-bond acceptors (Lipinski definition) is 0. The van der Waals surface area contributed by atoms with Crippen LogP contribution in [0.15, 0.2) is 0 Å². The van der Waals surface area contributed by atoms with E-state index in [1.807, 2.05) is 0 Å². The average Bonchev–Trinajstić information content (AvgIpc) is 0. The van der Waals surface area contributed by atoms with Gasteiger partial charge in [-0.2, -0.15) is 0 Å². The van der Waals surface area contributed by atoms with E-state index in [0.29, 0.717) is 0 Å². The van der Waals surface area contributed by atoms with E-state index < -0.39 is 0 Å². The van der Waals surface area contributed by atoms with E-state index in [1.54, 1.807) is 0 Å². The number of rotatable bonds is 0. The third-order valence-electron chi connectivity index (χ3n) is 0. The van der Waals surface area contributed by atoms with E-state index in [2.05, 4.69) is 0 Å². The van der Waals surface area contributed by atoms with Crippen LogP contribution in [-0.4, -0.2) is 60.6 Å². The van der Waals surface area contributed by atoms with Gasteiger partial charge in [-0.15, -0.1) is 0 Å². The van der Waals surface area contributed by atoms with Crippen molar-refractivity contribution in [3.05, 3.63) is 0 Å². The smallest absolute Gasteiger partial charge is 1.00 e. The Labute approximate surface area is 114 Å². The summed E-state index contributed by atoms with van der Waals surface area (Å²) < 4.78 is 0. The second kappa shape index (κ2) is 40.3. The summed E-state index contributed by atoms with van der Waals surface area (Å²) in [6.45, 7) is 0. The van der Waals surface area contributed by atoms with Crippen LogP contribution in [0.3, 0.4) is 0 Å². The summed E-state index contributed by atoms with van der Waals surface area (Å²) in [5, 5.41) is 0. The van der Waals surface area contributed by atoms with Crippen molar-refractivity contribution in [2.45, 2.75) is 0 Å². The maximum Gasteiger partial charge on any atom is 2.00 e. The number of hydrogen-bond donors (Lipinski definition) is 0. The third-order valence-corrected chi connectivity index (χ3v) is 0. The van der Waals surface area contributed by atoms with Gasteiger partial charge in [-0.1, -0.05) is 0 Å². The first-order chi connectivity index (χ1) is 0. The molecule has 0 aliphatic carbocycles. The minimum atomic E-state index is 0. The zero-order valence-corrected chi connectivity index (χ0v) is 8.68. The zero-order chi connectivity index (χ0) is 0. The quantitative estimate of drug-likeness (QED) is 0.334. The molecule has 32 valence electrons. The molecule has 0 bridgehead atoms. The van der Waals surface area contributed by atoms with Crippen molar-refractivity contribution in [2.75, 3.05) is 0 Å². The molecule has 2 N–H and O–H groups in total. The van der Waals surface area contributed by atoms with Crippen molar-refractivity contribution in [2.24, 2.45) is 0 Å². The van der Waals surface area contributed by atoms with E-state index in [-0.39, 0.29) is 116 Å². The van der Waals surface area contributed by atoms with Gasteiger partial charge in [0, 0.05) is 0 Å². The van der Waals surface area contributed by atoms with E-state index in [1.165, 1.54) is 0 Å². The monoisotopic (exact) mass is 182 g/mol. The summed E-state index contributed by atoms with van der Waals surface area (Å²) in [5.74, 6) is 0. The maximum atomic E-state index is 0. The van der Waals surface area contributed by atoms with E-state index in [9.17, 15) is 0 Å². The van der Waals surface area contributed by atoms with Crippen LogP contribution in [0.25, 0.3) is 0 Å². The molecule has 0 aromatic rings. The van der Waals surface area contributed by atoms with Gasteiger partial charge in [0.15, 0.2) is 17.4 Å². The summed E-state index contributed by atoms with van der Waals surface area (Å²) >= 11 is 0. The summed E-state index contributed by atoms with van der Waals surface area (Å²) in [6, 6.07) is 0. The minimum absolute atomic E-state index is 0. The van der Waals surface area contributed by atoms with Gasteiger partial charge in [0.1, 0.15) is 0 Å². The van der Waals surface area contributed by atoms with Crippen molar-refractivity contribution in [3.8, 4) is 0 Å². The molecule has 0 saturated carbocycles. The molecule has 6 heteroatoms. The second-order valence-electron chi connectivity index (χ2n) is 0. The fraction of sp³-hybridized carbons (Fsp3) is 0. The molecule has 0 atom stereocenters. The van der Waals surface area contributed by atoms with Crippen molar-refractivity contribution >= 4 is 55.1 Å². The Morgan fingerprint density at radius 3 is 1.00 bits per heavy atom. The second-order valence-corrected chi connectivity index (χ2v) is 0. The van der Waals surface area contributed by atoms with Gasteiger partial charge in [-0.3, -0.25) is 0 Å². The predicted octanol–water partition coefficient (Wildman–Crippen LogP) is -11.3. The maximum absolute atomic E-state index is 0. The minimum Gasteiger partial charge on any atom is -1.00 e. The average molecular weight is 183 g/mol. The fourth-order valence-corrected chi connectivity index (χ4v) is 0. The van der Waals surface area contributed by atoms with Gasteiger partial charge in [-0.25, -0.2) is 0 Å². The third kappa shape index (κ3) is 26.5. The molecule has 0 amide bonds. The predicted molar refractivity (Wildman–Crippen MR) is 20.4 cm³/mol. The van der Waals surface area contributed by atoms with Gasteiger partial charge in [0.25, 0.3) is 0 Å². The van der Waals surface area contributed by atoms with Gasteiger partial charge < -0.3 is 31.7 Å². The van der Waals surface area contributed by atoms with Crippen LogP contribution in [-0.2, 0) is 0 Å². The molecule has 6 heavy (non-hydrogen) atoms. The first-order valence-electron chi connectivity index (χ1n) is 0. The SMILES string of the molecule is O.[AlH3].[Ca+2].[Cl-].[Cl-].[H-].[Na+]. The Bertz CT molecular complexity index is 17.7. The van der Waals surface area contributed by atoms with Crippen LogP contribution in [0.1, 0.15) is 1.43 Å². The Morgan fingerprint density at radius 2 is 1.00 bits per heavy atom. The van der Waals surface area contributed by atoms with Crippen LogP contribution >= 0.6 is 0 Å². The zero-order valence-electron chi connectivity index (χ0n) is 3.96.